The van der Waals surface area contributed by atoms with Gasteiger partial charge in [-0.3, -0.25) is 0 Å². The van der Waals surface area contributed by atoms with E-state index in [1.165, 1.54) is 0 Å². The summed E-state index contributed by atoms with van der Waals surface area (Å²) >= 11 is 0. The zero-order valence-corrected chi connectivity index (χ0v) is 6.67. The highest BCUT2D eigenvalue weighted by Gasteiger charge is 2.37. The lowest BCUT2D eigenvalue weighted by Crippen LogP contribution is -2.16. The SMILES string of the molecule is CC1(C)C[C@H](CO)[C@H](O)C1. The molecule has 0 radical (unpaired) electrons. The van der Waals surface area contributed by atoms with E-state index in [1.807, 2.05) is 0 Å². The third-order valence-corrected chi connectivity index (χ3v) is 2.36. The summed E-state index contributed by atoms with van der Waals surface area (Å²) in [6.45, 7) is 4.39. The summed E-state index contributed by atoms with van der Waals surface area (Å²) in [5.74, 6) is 0.120. The van der Waals surface area contributed by atoms with Crippen LogP contribution in [0.3, 0.4) is 0 Å². The Bertz CT molecular complexity index is 120. The third kappa shape index (κ3) is 1.50. The molecule has 0 bridgehead atoms. The van der Waals surface area contributed by atoms with Gasteiger partial charge in [-0.1, -0.05) is 13.8 Å². The minimum atomic E-state index is -0.278. The highest BCUT2D eigenvalue weighted by atomic mass is 16.3. The molecule has 0 unspecified atom stereocenters. The molecule has 2 heteroatoms. The van der Waals surface area contributed by atoms with Gasteiger partial charge in [-0.2, -0.15) is 0 Å². The van der Waals surface area contributed by atoms with Crippen LogP contribution in [0.4, 0.5) is 0 Å². The maximum Gasteiger partial charge on any atom is 0.0595 e. The predicted octanol–water partition coefficient (Wildman–Crippen LogP) is 0.776. The Hall–Kier alpha value is -0.0800. The molecule has 0 aliphatic heterocycles. The van der Waals surface area contributed by atoms with Gasteiger partial charge in [0.25, 0.3) is 0 Å². The monoisotopic (exact) mass is 144 g/mol. The van der Waals surface area contributed by atoms with Crippen LogP contribution in [0, 0.1) is 11.3 Å². The predicted molar refractivity (Wildman–Crippen MR) is 39.6 cm³/mol. The Balaban J connectivity index is 2.52. The van der Waals surface area contributed by atoms with Crippen LogP contribution in [0.2, 0.25) is 0 Å². The van der Waals surface area contributed by atoms with Crippen LogP contribution in [-0.2, 0) is 0 Å². The smallest absolute Gasteiger partial charge is 0.0595 e. The van der Waals surface area contributed by atoms with Crippen LogP contribution in [0.25, 0.3) is 0 Å². The summed E-state index contributed by atoms with van der Waals surface area (Å²) in [4.78, 5) is 0. The van der Waals surface area contributed by atoms with Crippen molar-refractivity contribution in [2.75, 3.05) is 6.61 Å². The standard InChI is InChI=1S/C8H16O2/c1-8(2)3-6(5-9)7(10)4-8/h6-7,9-10H,3-5H2,1-2H3/t6-,7-/m1/s1. The molecule has 1 rings (SSSR count). The Labute approximate surface area is 61.9 Å². The van der Waals surface area contributed by atoms with Crippen molar-refractivity contribution in [3.8, 4) is 0 Å². The van der Waals surface area contributed by atoms with Gasteiger partial charge in [0.15, 0.2) is 0 Å². The quantitative estimate of drug-likeness (QED) is 0.571. The van der Waals surface area contributed by atoms with Crippen LogP contribution in [0.15, 0.2) is 0 Å². The molecule has 0 saturated heterocycles. The van der Waals surface area contributed by atoms with Crippen molar-refractivity contribution in [3.05, 3.63) is 0 Å². The van der Waals surface area contributed by atoms with Crippen molar-refractivity contribution in [1.29, 1.82) is 0 Å². The summed E-state index contributed by atoms with van der Waals surface area (Å²) in [6, 6.07) is 0. The third-order valence-electron chi connectivity index (χ3n) is 2.36. The molecule has 2 nitrogen and oxygen atoms in total. The van der Waals surface area contributed by atoms with Crippen molar-refractivity contribution in [1.82, 2.24) is 0 Å². The van der Waals surface area contributed by atoms with Gasteiger partial charge < -0.3 is 10.2 Å². The highest BCUT2D eigenvalue weighted by Crippen LogP contribution is 2.40. The molecule has 0 spiro atoms. The summed E-state index contributed by atoms with van der Waals surface area (Å²) < 4.78 is 0. The minimum absolute atomic E-state index is 0.120. The van der Waals surface area contributed by atoms with E-state index in [2.05, 4.69) is 13.8 Å². The van der Waals surface area contributed by atoms with Crippen molar-refractivity contribution >= 4 is 0 Å². The molecule has 0 aromatic rings. The van der Waals surface area contributed by atoms with E-state index in [0.717, 1.165) is 12.8 Å². The largest absolute Gasteiger partial charge is 0.396 e. The molecule has 0 aromatic carbocycles. The van der Waals surface area contributed by atoms with Crippen LogP contribution >= 0.6 is 0 Å². The van der Waals surface area contributed by atoms with E-state index < -0.39 is 0 Å². The Kier molecular flexibility index (Phi) is 2.02. The first-order chi connectivity index (χ1) is 4.55. The Morgan fingerprint density at radius 3 is 2.20 bits per heavy atom. The van der Waals surface area contributed by atoms with Gasteiger partial charge in [0.2, 0.25) is 0 Å². The van der Waals surface area contributed by atoms with Crippen molar-refractivity contribution in [3.63, 3.8) is 0 Å². The topological polar surface area (TPSA) is 40.5 Å². The molecule has 0 aromatic heterocycles. The molecule has 0 heterocycles. The fourth-order valence-corrected chi connectivity index (χ4v) is 1.85. The maximum absolute atomic E-state index is 9.36. The van der Waals surface area contributed by atoms with Gasteiger partial charge >= 0.3 is 0 Å². The Morgan fingerprint density at radius 1 is 1.40 bits per heavy atom. The van der Waals surface area contributed by atoms with Crippen LogP contribution in [-0.4, -0.2) is 22.9 Å². The minimum Gasteiger partial charge on any atom is -0.396 e. The van der Waals surface area contributed by atoms with Gasteiger partial charge in [-0.25, -0.2) is 0 Å². The molecule has 1 aliphatic carbocycles. The molecule has 60 valence electrons. The molecule has 1 saturated carbocycles. The lowest BCUT2D eigenvalue weighted by molar-refractivity contribution is 0.0901. The fraction of sp³-hybridized carbons (Fsp3) is 1.00. The first-order valence-electron chi connectivity index (χ1n) is 3.84. The normalized spacial score (nSPS) is 38.4. The molecule has 1 aliphatic rings. The number of rotatable bonds is 1. The fourth-order valence-electron chi connectivity index (χ4n) is 1.85. The van der Waals surface area contributed by atoms with Gasteiger partial charge in [0.1, 0.15) is 0 Å². The summed E-state index contributed by atoms with van der Waals surface area (Å²) in [7, 11) is 0. The van der Waals surface area contributed by atoms with E-state index >= 15 is 0 Å². The van der Waals surface area contributed by atoms with E-state index in [-0.39, 0.29) is 24.0 Å². The molecular formula is C8H16O2. The van der Waals surface area contributed by atoms with Gasteiger partial charge in [-0.05, 0) is 18.3 Å². The van der Waals surface area contributed by atoms with Gasteiger partial charge in [0.05, 0.1) is 6.10 Å². The molecule has 0 amide bonds. The average Bonchev–Trinajstić information content (AvgIpc) is 2.05. The van der Waals surface area contributed by atoms with E-state index in [9.17, 15) is 5.11 Å². The Morgan fingerprint density at radius 2 is 2.00 bits per heavy atom. The number of aliphatic hydroxyl groups is 2. The summed E-state index contributed by atoms with van der Waals surface area (Å²) in [5, 5.41) is 18.2. The first-order valence-corrected chi connectivity index (χ1v) is 3.84. The van der Waals surface area contributed by atoms with Crippen molar-refractivity contribution < 1.29 is 10.2 Å². The summed E-state index contributed by atoms with van der Waals surface area (Å²) in [6.07, 6.45) is 1.50. The second kappa shape index (κ2) is 2.51. The molecular weight excluding hydrogens is 128 g/mol. The van der Waals surface area contributed by atoms with Crippen LogP contribution < -0.4 is 0 Å². The van der Waals surface area contributed by atoms with E-state index in [0.29, 0.717) is 0 Å². The number of hydrogen-bond acceptors (Lipinski definition) is 2. The van der Waals surface area contributed by atoms with Crippen LogP contribution in [0.1, 0.15) is 26.7 Å². The second-order valence-electron chi connectivity index (χ2n) is 4.08. The van der Waals surface area contributed by atoms with Gasteiger partial charge in [-0.15, -0.1) is 0 Å². The molecule has 10 heavy (non-hydrogen) atoms. The maximum atomic E-state index is 9.36. The van der Waals surface area contributed by atoms with Gasteiger partial charge in [0, 0.05) is 12.5 Å². The van der Waals surface area contributed by atoms with Crippen molar-refractivity contribution in [2.24, 2.45) is 11.3 Å². The molecule has 2 N–H and O–H groups in total. The molecule has 2 atom stereocenters. The second-order valence-corrected chi connectivity index (χ2v) is 4.08. The number of aliphatic hydroxyl groups excluding tert-OH is 2. The van der Waals surface area contributed by atoms with Crippen molar-refractivity contribution in [2.45, 2.75) is 32.8 Å². The molecule has 1 fully saturated rings. The highest BCUT2D eigenvalue weighted by molar-refractivity contribution is 4.88. The zero-order valence-electron chi connectivity index (χ0n) is 6.67. The average molecular weight is 144 g/mol. The lowest BCUT2D eigenvalue weighted by Gasteiger charge is -2.15. The van der Waals surface area contributed by atoms with E-state index in [1.54, 1.807) is 0 Å². The number of hydrogen-bond donors (Lipinski definition) is 2. The van der Waals surface area contributed by atoms with Crippen LogP contribution in [0.5, 0.6) is 0 Å². The first kappa shape index (κ1) is 8.02. The lowest BCUT2D eigenvalue weighted by atomic mass is 9.91. The van der Waals surface area contributed by atoms with E-state index in [4.69, 9.17) is 5.11 Å². The zero-order chi connectivity index (χ0) is 7.78. The summed E-state index contributed by atoms with van der Waals surface area (Å²) in [5.41, 5.74) is 0.229.